The number of thiol groups is 1. The molecule has 0 aliphatic rings. The Hall–Kier alpha value is -1.83. The van der Waals surface area contributed by atoms with Crippen molar-refractivity contribution in [3.63, 3.8) is 0 Å². The molecule has 0 saturated heterocycles. The lowest BCUT2D eigenvalue weighted by atomic mass is 10.2. The van der Waals surface area contributed by atoms with E-state index >= 15 is 0 Å². The summed E-state index contributed by atoms with van der Waals surface area (Å²) >= 11 is 4.15. The number of benzene rings is 2. The van der Waals surface area contributed by atoms with Gasteiger partial charge in [-0.3, -0.25) is 4.79 Å². The number of hydrogen-bond donors (Lipinski definition) is 3. The maximum atomic E-state index is 12.0. The molecular formula is C13H12N2O3S2. The van der Waals surface area contributed by atoms with Crippen LogP contribution in [0.15, 0.2) is 58.3 Å². The molecule has 2 rings (SSSR count). The second kappa shape index (κ2) is 5.66. The molecule has 7 heteroatoms. The number of hydrogen-bond acceptors (Lipinski definition) is 4. The SMILES string of the molecule is NS(=O)(=O)c1ccc(NC(=O)c2ccccc2)c(S)c1. The first-order valence-corrected chi connectivity index (χ1v) is 7.59. The van der Waals surface area contributed by atoms with Crippen molar-refractivity contribution in [1.29, 1.82) is 0 Å². The van der Waals surface area contributed by atoms with Crippen molar-refractivity contribution in [1.82, 2.24) is 0 Å². The molecule has 20 heavy (non-hydrogen) atoms. The summed E-state index contributed by atoms with van der Waals surface area (Å²) in [5, 5.41) is 7.67. The van der Waals surface area contributed by atoms with E-state index in [1.807, 2.05) is 6.07 Å². The number of primary sulfonamides is 1. The zero-order valence-corrected chi connectivity index (χ0v) is 12.0. The monoisotopic (exact) mass is 308 g/mol. The molecule has 0 spiro atoms. The lowest BCUT2D eigenvalue weighted by Crippen LogP contribution is -2.14. The molecule has 0 unspecified atom stereocenters. The van der Waals surface area contributed by atoms with Crippen molar-refractivity contribution in [2.75, 3.05) is 5.32 Å². The highest BCUT2D eigenvalue weighted by Gasteiger charge is 2.12. The lowest BCUT2D eigenvalue weighted by Gasteiger charge is -2.09. The summed E-state index contributed by atoms with van der Waals surface area (Å²) in [7, 11) is -3.78. The molecule has 5 nitrogen and oxygen atoms in total. The lowest BCUT2D eigenvalue weighted by molar-refractivity contribution is 0.102. The Labute approximate surface area is 122 Å². The van der Waals surface area contributed by atoms with Gasteiger partial charge in [0, 0.05) is 10.5 Å². The third-order valence-electron chi connectivity index (χ3n) is 2.58. The normalized spacial score (nSPS) is 11.1. The summed E-state index contributed by atoms with van der Waals surface area (Å²) in [6, 6.07) is 12.7. The Bertz CT molecular complexity index is 743. The predicted octanol–water partition coefficient (Wildman–Crippen LogP) is 1.88. The second-order valence-corrected chi connectivity index (χ2v) is 6.09. The molecule has 0 atom stereocenters. The van der Waals surface area contributed by atoms with Gasteiger partial charge < -0.3 is 5.32 Å². The smallest absolute Gasteiger partial charge is 0.255 e. The number of amides is 1. The van der Waals surface area contributed by atoms with Gasteiger partial charge in [-0.1, -0.05) is 18.2 Å². The Kier molecular flexibility index (Phi) is 4.12. The fourth-order valence-electron chi connectivity index (χ4n) is 1.58. The molecule has 3 N–H and O–H groups in total. The van der Waals surface area contributed by atoms with Crippen LogP contribution in [0.5, 0.6) is 0 Å². The van der Waals surface area contributed by atoms with E-state index in [1.54, 1.807) is 24.3 Å². The van der Waals surface area contributed by atoms with Gasteiger partial charge in [-0.25, -0.2) is 13.6 Å². The van der Waals surface area contributed by atoms with Gasteiger partial charge in [-0.15, -0.1) is 12.6 Å². The molecule has 0 bridgehead atoms. The Morgan fingerprint density at radius 2 is 1.75 bits per heavy atom. The topological polar surface area (TPSA) is 89.3 Å². The van der Waals surface area contributed by atoms with Crippen LogP contribution in [-0.2, 0) is 10.0 Å². The van der Waals surface area contributed by atoms with Crippen LogP contribution in [-0.4, -0.2) is 14.3 Å². The predicted molar refractivity (Wildman–Crippen MR) is 79.5 cm³/mol. The fraction of sp³-hybridized carbons (Fsp3) is 0. The van der Waals surface area contributed by atoms with Gasteiger partial charge in [0.25, 0.3) is 5.91 Å². The molecule has 1 amide bonds. The number of nitrogens with two attached hydrogens (primary N) is 1. The van der Waals surface area contributed by atoms with Crippen molar-refractivity contribution in [3.8, 4) is 0 Å². The first-order valence-electron chi connectivity index (χ1n) is 5.60. The zero-order valence-electron chi connectivity index (χ0n) is 10.3. The highest BCUT2D eigenvalue weighted by molar-refractivity contribution is 7.89. The minimum absolute atomic E-state index is 0.0554. The van der Waals surface area contributed by atoms with Crippen LogP contribution in [0.3, 0.4) is 0 Å². The van der Waals surface area contributed by atoms with E-state index < -0.39 is 10.0 Å². The molecule has 0 radical (unpaired) electrons. The highest BCUT2D eigenvalue weighted by Crippen LogP contribution is 2.23. The standard InChI is InChI=1S/C13H12N2O3S2/c14-20(17,18)10-6-7-11(12(19)8-10)15-13(16)9-4-2-1-3-5-9/h1-8,19H,(H,15,16)(H2,14,17,18). The number of carbonyl (C=O) groups is 1. The van der Waals surface area contributed by atoms with Crippen LogP contribution in [0, 0.1) is 0 Å². The molecule has 0 aromatic heterocycles. The van der Waals surface area contributed by atoms with E-state index in [4.69, 9.17) is 5.14 Å². The summed E-state index contributed by atoms with van der Waals surface area (Å²) in [6.45, 7) is 0. The Morgan fingerprint density at radius 1 is 1.10 bits per heavy atom. The first kappa shape index (κ1) is 14.6. The molecule has 104 valence electrons. The highest BCUT2D eigenvalue weighted by atomic mass is 32.2. The fourth-order valence-corrected chi connectivity index (χ4v) is 2.47. The van der Waals surface area contributed by atoms with Gasteiger partial charge in [-0.05, 0) is 30.3 Å². The van der Waals surface area contributed by atoms with Crippen LogP contribution < -0.4 is 10.5 Å². The van der Waals surface area contributed by atoms with Crippen LogP contribution in [0.2, 0.25) is 0 Å². The average Bonchev–Trinajstić information content (AvgIpc) is 2.41. The summed E-state index contributed by atoms with van der Waals surface area (Å²) in [5.41, 5.74) is 0.908. The first-order chi connectivity index (χ1) is 9.38. The van der Waals surface area contributed by atoms with E-state index in [0.717, 1.165) is 0 Å². The minimum Gasteiger partial charge on any atom is -0.321 e. The summed E-state index contributed by atoms with van der Waals surface area (Å²) in [6.07, 6.45) is 0. The third kappa shape index (κ3) is 3.38. The van der Waals surface area contributed by atoms with Gasteiger partial charge in [0.1, 0.15) is 0 Å². The van der Waals surface area contributed by atoms with Gasteiger partial charge >= 0.3 is 0 Å². The molecule has 0 fully saturated rings. The Balaban J connectivity index is 2.25. The summed E-state index contributed by atoms with van der Waals surface area (Å²) in [4.78, 5) is 12.2. The van der Waals surface area contributed by atoms with Crippen molar-refractivity contribution in [3.05, 3.63) is 54.1 Å². The summed E-state index contributed by atoms with van der Waals surface area (Å²) < 4.78 is 22.4. The number of rotatable bonds is 3. The van der Waals surface area contributed by atoms with Crippen molar-refractivity contribution in [2.45, 2.75) is 9.79 Å². The van der Waals surface area contributed by atoms with Gasteiger partial charge in [0.2, 0.25) is 10.0 Å². The molecule has 2 aromatic carbocycles. The maximum absolute atomic E-state index is 12.0. The molecular weight excluding hydrogens is 296 g/mol. The maximum Gasteiger partial charge on any atom is 0.255 e. The van der Waals surface area contributed by atoms with E-state index in [1.165, 1.54) is 18.2 Å². The van der Waals surface area contributed by atoms with Crippen molar-refractivity contribution < 1.29 is 13.2 Å². The number of sulfonamides is 1. The van der Waals surface area contributed by atoms with E-state index in [2.05, 4.69) is 17.9 Å². The van der Waals surface area contributed by atoms with E-state index in [-0.39, 0.29) is 10.8 Å². The number of nitrogens with one attached hydrogen (secondary N) is 1. The molecule has 0 saturated carbocycles. The van der Waals surface area contributed by atoms with Crippen molar-refractivity contribution >= 4 is 34.2 Å². The Morgan fingerprint density at radius 3 is 2.30 bits per heavy atom. The van der Waals surface area contributed by atoms with Gasteiger partial charge in [0.15, 0.2) is 0 Å². The molecule has 2 aromatic rings. The van der Waals surface area contributed by atoms with Crippen molar-refractivity contribution in [2.24, 2.45) is 5.14 Å². The van der Waals surface area contributed by atoms with Crippen LogP contribution in [0.1, 0.15) is 10.4 Å². The summed E-state index contributed by atoms with van der Waals surface area (Å²) in [5.74, 6) is -0.302. The third-order valence-corrected chi connectivity index (χ3v) is 3.86. The number of anilines is 1. The van der Waals surface area contributed by atoms with E-state index in [9.17, 15) is 13.2 Å². The van der Waals surface area contributed by atoms with Gasteiger partial charge in [0.05, 0.1) is 10.6 Å². The number of carbonyl (C=O) groups excluding carboxylic acids is 1. The average molecular weight is 308 g/mol. The quantitative estimate of drug-likeness (QED) is 0.756. The molecule has 0 aliphatic carbocycles. The van der Waals surface area contributed by atoms with Gasteiger partial charge in [-0.2, -0.15) is 0 Å². The van der Waals surface area contributed by atoms with E-state index in [0.29, 0.717) is 16.1 Å². The van der Waals surface area contributed by atoms with Crippen LogP contribution in [0.25, 0.3) is 0 Å². The second-order valence-electron chi connectivity index (χ2n) is 4.04. The van der Waals surface area contributed by atoms with Crippen LogP contribution >= 0.6 is 12.6 Å². The van der Waals surface area contributed by atoms with Crippen LogP contribution in [0.4, 0.5) is 5.69 Å². The molecule has 0 aliphatic heterocycles. The molecule has 0 heterocycles. The minimum atomic E-state index is -3.78. The largest absolute Gasteiger partial charge is 0.321 e. The zero-order chi connectivity index (χ0) is 14.8.